The van der Waals surface area contributed by atoms with E-state index >= 15 is 0 Å². The fourth-order valence-corrected chi connectivity index (χ4v) is 5.34. The number of aromatic nitrogens is 1. The molecule has 7 heteroatoms. The van der Waals surface area contributed by atoms with Crippen LogP contribution in [0.3, 0.4) is 0 Å². The second-order valence-corrected chi connectivity index (χ2v) is 10.2. The van der Waals surface area contributed by atoms with Crippen LogP contribution in [0.2, 0.25) is 0 Å². The summed E-state index contributed by atoms with van der Waals surface area (Å²) < 4.78 is 5.44. The first-order chi connectivity index (χ1) is 16.6. The highest BCUT2D eigenvalue weighted by molar-refractivity contribution is 6.16. The van der Waals surface area contributed by atoms with Crippen LogP contribution in [0.1, 0.15) is 37.7 Å². The number of nitrogens with zero attached hydrogens (tertiary/aromatic N) is 4. The summed E-state index contributed by atoms with van der Waals surface area (Å²) in [5, 5.41) is 1.04. The van der Waals surface area contributed by atoms with Gasteiger partial charge in [-0.2, -0.15) is 0 Å². The molecule has 0 unspecified atom stereocenters. The van der Waals surface area contributed by atoms with E-state index in [1.54, 1.807) is 6.26 Å². The molecule has 3 aromatic rings. The van der Waals surface area contributed by atoms with Gasteiger partial charge >= 0.3 is 0 Å². The summed E-state index contributed by atoms with van der Waals surface area (Å²) in [6.45, 7) is 2.16. The number of carbonyl (C=O) groups excluding carboxylic acids is 2. The summed E-state index contributed by atoms with van der Waals surface area (Å²) in [6.07, 6.45) is 8.15. The van der Waals surface area contributed by atoms with Crippen molar-refractivity contribution in [3.8, 4) is 11.3 Å². The van der Waals surface area contributed by atoms with Gasteiger partial charge in [0.15, 0.2) is 0 Å². The van der Waals surface area contributed by atoms with E-state index < -0.39 is 5.54 Å². The van der Waals surface area contributed by atoms with Crippen LogP contribution in [-0.4, -0.2) is 57.6 Å². The van der Waals surface area contributed by atoms with Crippen LogP contribution in [0.5, 0.6) is 0 Å². The lowest BCUT2D eigenvalue weighted by molar-refractivity contribution is -0.131. The van der Waals surface area contributed by atoms with Crippen molar-refractivity contribution >= 4 is 28.6 Å². The van der Waals surface area contributed by atoms with Gasteiger partial charge in [0.05, 0.1) is 12.0 Å². The van der Waals surface area contributed by atoms with Gasteiger partial charge in [0.25, 0.3) is 5.91 Å². The van der Waals surface area contributed by atoms with Crippen molar-refractivity contribution in [2.45, 2.75) is 37.6 Å². The molecule has 0 N–H and O–H groups in total. The number of fused-ring (bicyclic) bond motifs is 1. The van der Waals surface area contributed by atoms with Crippen LogP contribution in [0.25, 0.3) is 22.2 Å². The first-order valence-electron chi connectivity index (χ1n) is 12.2. The number of benzene rings is 1. The van der Waals surface area contributed by atoms with E-state index in [1.807, 2.05) is 46.3 Å². The molecule has 4 aliphatic rings. The first kappa shape index (κ1) is 19.9. The fourth-order valence-electron chi connectivity index (χ4n) is 5.34. The van der Waals surface area contributed by atoms with Crippen LogP contribution in [0.4, 0.5) is 0 Å². The minimum Gasteiger partial charge on any atom is -0.464 e. The summed E-state index contributed by atoms with van der Waals surface area (Å²) in [5.41, 5.74) is 3.06. The molecule has 0 radical (unpaired) electrons. The van der Waals surface area contributed by atoms with Crippen LogP contribution in [-0.2, 0) is 9.59 Å². The highest BCUT2D eigenvalue weighted by Gasteiger charge is 2.57. The molecule has 7 rings (SSSR count). The number of amides is 2. The van der Waals surface area contributed by atoms with Gasteiger partial charge in [-0.3, -0.25) is 24.5 Å². The van der Waals surface area contributed by atoms with Crippen molar-refractivity contribution in [2.75, 3.05) is 19.6 Å². The smallest absolute Gasteiger partial charge is 0.256 e. The van der Waals surface area contributed by atoms with Gasteiger partial charge in [0, 0.05) is 48.3 Å². The molecule has 1 aromatic carbocycles. The number of aliphatic imine (C=N–C) groups is 1. The molecule has 34 heavy (non-hydrogen) atoms. The number of hydrogen-bond donors (Lipinski definition) is 0. The van der Waals surface area contributed by atoms with E-state index in [2.05, 4.69) is 6.07 Å². The van der Waals surface area contributed by atoms with Crippen LogP contribution < -0.4 is 0 Å². The largest absolute Gasteiger partial charge is 0.464 e. The van der Waals surface area contributed by atoms with Crippen molar-refractivity contribution in [3.05, 3.63) is 54.4 Å². The Morgan fingerprint density at radius 1 is 1.09 bits per heavy atom. The molecule has 2 aliphatic carbocycles. The highest BCUT2D eigenvalue weighted by atomic mass is 16.3. The Balaban J connectivity index is 1.12. The predicted molar refractivity (Wildman–Crippen MR) is 127 cm³/mol. The van der Waals surface area contributed by atoms with Crippen molar-refractivity contribution < 1.29 is 14.0 Å². The SMILES string of the molecule is O=C(C1CC1)N1CC[C@@H](CN2C(=O)C3(CC3)N=C2c2ccc(-c3ccc4occc4c3)nc2)C1. The zero-order valence-electron chi connectivity index (χ0n) is 18.9. The lowest BCUT2D eigenvalue weighted by Gasteiger charge is -2.23. The van der Waals surface area contributed by atoms with Gasteiger partial charge in [-0.25, -0.2) is 0 Å². The second-order valence-electron chi connectivity index (χ2n) is 10.2. The Labute approximate surface area is 197 Å². The summed E-state index contributed by atoms with van der Waals surface area (Å²) in [7, 11) is 0. The number of carbonyl (C=O) groups is 2. The fraction of sp³-hybridized carbons (Fsp3) is 0.407. The zero-order valence-corrected chi connectivity index (χ0v) is 18.9. The number of rotatable bonds is 5. The predicted octanol–water partition coefficient (Wildman–Crippen LogP) is 3.87. The monoisotopic (exact) mass is 454 g/mol. The minimum atomic E-state index is -0.553. The van der Waals surface area contributed by atoms with Crippen molar-refractivity contribution in [3.63, 3.8) is 0 Å². The number of amidine groups is 1. The average molecular weight is 455 g/mol. The van der Waals surface area contributed by atoms with E-state index in [0.717, 1.165) is 78.8 Å². The molecule has 1 atom stereocenters. The van der Waals surface area contributed by atoms with E-state index in [0.29, 0.717) is 18.4 Å². The second kappa shape index (κ2) is 7.26. The first-order valence-corrected chi connectivity index (χ1v) is 12.2. The molecule has 0 bridgehead atoms. The lowest BCUT2D eigenvalue weighted by Crippen LogP contribution is -2.41. The zero-order chi connectivity index (χ0) is 22.9. The van der Waals surface area contributed by atoms with E-state index in [-0.39, 0.29) is 11.8 Å². The molecule has 2 amide bonds. The van der Waals surface area contributed by atoms with Crippen LogP contribution in [0.15, 0.2) is 58.3 Å². The average Bonchev–Trinajstić information content (AvgIpc) is 3.74. The van der Waals surface area contributed by atoms with E-state index in [9.17, 15) is 9.59 Å². The summed E-state index contributed by atoms with van der Waals surface area (Å²) >= 11 is 0. The third-order valence-corrected chi connectivity index (χ3v) is 7.68. The van der Waals surface area contributed by atoms with Crippen molar-refractivity contribution in [2.24, 2.45) is 16.8 Å². The van der Waals surface area contributed by atoms with E-state index in [4.69, 9.17) is 14.4 Å². The molecular formula is C27H26N4O3. The lowest BCUT2D eigenvalue weighted by atomic mass is 10.1. The Bertz CT molecular complexity index is 1330. The number of pyridine rings is 1. The summed E-state index contributed by atoms with van der Waals surface area (Å²) in [4.78, 5) is 39.2. The minimum absolute atomic E-state index is 0.115. The molecule has 2 aliphatic heterocycles. The normalized spacial score (nSPS) is 23.2. The summed E-state index contributed by atoms with van der Waals surface area (Å²) in [6, 6.07) is 12.0. The molecular weight excluding hydrogens is 428 g/mol. The maximum atomic E-state index is 13.3. The van der Waals surface area contributed by atoms with Gasteiger partial charge < -0.3 is 9.32 Å². The Morgan fingerprint density at radius 2 is 1.94 bits per heavy atom. The van der Waals surface area contributed by atoms with Crippen LogP contribution >= 0.6 is 0 Å². The standard InChI is InChI=1S/C27H26N4O3/c32-25(18-1-2-18)30-11-7-17(15-30)16-31-24(29-27(9-10-27)26(31)33)21-3-5-22(28-14-21)19-4-6-23-20(13-19)8-12-34-23/h3-6,8,12-14,17-18H,1-2,7,9-11,15-16H2/t17-/m1/s1. The Kier molecular flexibility index (Phi) is 4.26. The van der Waals surface area contributed by atoms with Gasteiger partial charge in [0.1, 0.15) is 17.0 Å². The molecule has 1 saturated heterocycles. The molecule has 2 saturated carbocycles. The molecule has 3 fully saturated rings. The summed E-state index contributed by atoms with van der Waals surface area (Å²) in [5.74, 6) is 1.69. The van der Waals surface area contributed by atoms with Crippen molar-refractivity contribution in [1.29, 1.82) is 0 Å². The quantitative estimate of drug-likeness (QED) is 0.586. The highest BCUT2D eigenvalue weighted by Crippen LogP contribution is 2.46. The van der Waals surface area contributed by atoms with Gasteiger partial charge in [0.2, 0.25) is 5.91 Å². The van der Waals surface area contributed by atoms with Gasteiger partial charge in [-0.05, 0) is 74.4 Å². The number of hydrogen-bond acceptors (Lipinski definition) is 5. The third kappa shape index (κ3) is 3.25. The van der Waals surface area contributed by atoms with Gasteiger partial charge in [-0.15, -0.1) is 0 Å². The maximum absolute atomic E-state index is 13.3. The van der Waals surface area contributed by atoms with Gasteiger partial charge in [-0.1, -0.05) is 0 Å². The molecule has 2 aromatic heterocycles. The molecule has 172 valence electrons. The number of furan rings is 1. The molecule has 7 nitrogen and oxygen atoms in total. The Morgan fingerprint density at radius 3 is 2.71 bits per heavy atom. The molecule has 4 heterocycles. The van der Waals surface area contributed by atoms with Crippen molar-refractivity contribution in [1.82, 2.24) is 14.8 Å². The topological polar surface area (TPSA) is 79.0 Å². The Hall–Kier alpha value is -3.48. The molecule has 1 spiro atoms. The van der Waals surface area contributed by atoms with Crippen LogP contribution in [0, 0.1) is 11.8 Å². The number of likely N-dealkylation sites (tertiary alicyclic amines) is 1. The third-order valence-electron chi connectivity index (χ3n) is 7.68. The maximum Gasteiger partial charge on any atom is 0.256 e. The van der Waals surface area contributed by atoms with E-state index in [1.165, 1.54) is 0 Å².